The van der Waals surface area contributed by atoms with Crippen molar-refractivity contribution < 1.29 is 14.6 Å². The summed E-state index contributed by atoms with van der Waals surface area (Å²) in [6.45, 7) is 0.272. The van der Waals surface area contributed by atoms with Gasteiger partial charge in [0.05, 0.1) is 0 Å². The fraction of sp³-hybridized carbons (Fsp3) is 0.556. The first kappa shape index (κ1) is 10.1. The highest BCUT2D eigenvalue weighted by atomic mass is 16.5. The molecule has 6 nitrogen and oxygen atoms in total. The van der Waals surface area contributed by atoms with Gasteiger partial charge in [0.2, 0.25) is 0 Å². The van der Waals surface area contributed by atoms with Crippen LogP contribution in [-0.2, 0) is 4.74 Å². The van der Waals surface area contributed by atoms with Crippen molar-refractivity contribution in [1.29, 1.82) is 0 Å². The van der Waals surface area contributed by atoms with Gasteiger partial charge in [-0.1, -0.05) is 0 Å². The minimum absolute atomic E-state index is 0.0486. The monoisotopic (exact) mass is 211 g/mol. The molecule has 2 N–H and O–H groups in total. The van der Waals surface area contributed by atoms with Gasteiger partial charge in [-0.25, -0.2) is 14.3 Å². The van der Waals surface area contributed by atoms with Crippen molar-refractivity contribution in [3.05, 3.63) is 18.7 Å². The van der Waals surface area contributed by atoms with Gasteiger partial charge in [0, 0.05) is 18.4 Å². The maximum atomic E-state index is 11.4. The molecule has 15 heavy (non-hydrogen) atoms. The number of carbonyl (C=O) groups is 1. The Hall–Kier alpha value is -1.40. The third kappa shape index (κ3) is 2.54. The van der Waals surface area contributed by atoms with Crippen LogP contribution in [0, 0.1) is 0 Å². The van der Waals surface area contributed by atoms with E-state index in [1.165, 1.54) is 23.3 Å². The molecule has 1 aliphatic heterocycles. The molecule has 0 spiro atoms. The zero-order valence-electron chi connectivity index (χ0n) is 8.17. The van der Waals surface area contributed by atoms with Crippen molar-refractivity contribution >= 4 is 6.09 Å². The SMILES string of the molecule is O=C(OC[C@H]1CCC(O)N1)n1ccnc1. The van der Waals surface area contributed by atoms with E-state index >= 15 is 0 Å². The number of aliphatic hydroxyl groups is 1. The van der Waals surface area contributed by atoms with Crippen LogP contribution in [0.4, 0.5) is 4.79 Å². The van der Waals surface area contributed by atoms with Crippen LogP contribution in [-0.4, -0.2) is 39.6 Å². The van der Waals surface area contributed by atoms with E-state index in [0.29, 0.717) is 6.42 Å². The standard InChI is InChI=1S/C9H13N3O3/c13-8-2-1-7(11-8)5-15-9(14)12-4-3-10-6-12/h3-4,6-8,11,13H,1-2,5H2/t7-,8?/m1/s1. The molecule has 1 aliphatic rings. The van der Waals surface area contributed by atoms with Gasteiger partial charge >= 0.3 is 6.09 Å². The summed E-state index contributed by atoms with van der Waals surface area (Å²) in [6, 6.07) is 0.0486. The van der Waals surface area contributed by atoms with Crippen LogP contribution in [0.15, 0.2) is 18.7 Å². The first-order valence-corrected chi connectivity index (χ1v) is 4.85. The molecule has 1 unspecified atom stereocenters. The molecule has 2 rings (SSSR count). The number of aliphatic hydroxyl groups excluding tert-OH is 1. The van der Waals surface area contributed by atoms with E-state index in [2.05, 4.69) is 10.3 Å². The maximum absolute atomic E-state index is 11.4. The van der Waals surface area contributed by atoms with Gasteiger partial charge in [0.15, 0.2) is 0 Å². The summed E-state index contributed by atoms with van der Waals surface area (Å²) in [7, 11) is 0. The number of imidazole rings is 1. The molecule has 0 aromatic carbocycles. The molecular formula is C9H13N3O3. The van der Waals surface area contributed by atoms with E-state index in [9.17, 15) is 9.90 Å². The fourth-order valence-corrected chi connectivity index (χ4v) is 1.54. The Morgan fingerprint density at radius 1 is 1.67 bits per heavy atom. The van der Waals surface area contributed by atoms with Crippen LogP contribution in [0.1, 0.15) is 12.8 Å². The lowest BCUT2D eigenvalue weighted by molar-refractivity contribution is 0.121. The minimum atomic E-state index is -0.470. The normalized spacial score (nSPS) is 25.4. The Morgan fingerprint density at radius 3 is 3.13 bits per heavy atom. The zero-order chi connectivity index (χ0) is 10.7. The summed E-state index contributed by atoms with van der Waals surface area (Å²) in [5.74, 6) is 0. The summed E-state index contributed by atoms with van der Waals surface area (Å²) in [6.07, 6.45) is 5.03. The number of hydrogen-bond acceptors (Lipinski definition) is 5. The van der Waals surface area contributed by atoms with E-state index in [4.69, 9.17) is 4.74 Å². The van der Waals surface area contributed by atoms with E-state index in [1.807, 2.05) is 0 Å². The summed E-state index contributed by atoms with van der Waals surface area (Å²) < 4.78 is 6.30. The van der Waals surface area contributed by atoms with Gasteiger partial charge in [-0.05, 0) is 12.8 Å². The van der Waals surface area contributed by atoms with Crippen molar-refractivity contribution in [2.45, 2.75) is 25.1 Å². The van der Waals surface area contributed by atoms with Gasteiger partial charge in [0.25, 0.3) is 0 Å². The Labute approximate surface area is 86.9 Å². The Balaban J connectivity index is 1.76. The van der Waals surface area contributed by atoms with Crippen molar-refractivity contribution in [3.8, 4) is 0 Å². The molecule has 0 aliphatic carbocycles. The molecule has 6 heteroatoms. The number of ether oxygens (including phenoxy) is 1. The largest absolute Gasteiger partial charge is 0.447 e. The fourth-order valence-electron chi connectivity index (χ4n) is 1.54. The van der Waals surface area contributed by atoms with Crippen molar-refractivity contribution in [1.82, 2.24) is 14.9 Å². The lowest BCUT2D eigenvalue weighted by Gasteiger charge is -2.11. The van der Waals surface area contributed by atoms with Gasteiger partial charge in [-0.15, -0.1) is 0 Å². The lowest BCUT2D eigenvalue weighted by atomic mass is 10.2. The highest BCUT2D eigenvalue weighted by Crippen LogP contribution is 2.10. The number of nitrogens with one attached hydrogen (secondary N) is 1. The van der Waals surface area contributed by atoms with Gasteiger partial charge in [-0.2, -0.15) is 0 Å². The summed E-state index contributed by atoms with van der Waals surface area (Å²) >= 11 is 0. The zero-order valence-corrected chi connectivity index (χ0v) is 8.17. The number of hydrogen-bond donors (Lipinski definition) is 2. The second kappa shape index (κ2) is 4.41. The average molecular weight is 211 g/mol. The van der Waals surface area contributed by atoms with Crippen molar-refractivity contribution in [2.24, 2.45) is 0 Å². The van der Waals surface area contributed by atoms with Crippen LogP contribution in [0.3, 0.4) is 0 Å². The minimum Gasteiger partial charge on any atom is -0.447 e. The molecule has 2 heterocycles. The summed E-state index contributed by atoms with van der Waals surface area (Å²) in [5, 5.41) is 12.1. The molecule has 1 aromatic heterocycles. The Morgan fingerprint density at radius 2 is 2.53 bits per heavy atom. The molecule has 82 valence electrons. The van der Waals surface area contributed by atoms with Crippen LogP contribution >= 0.6 is 0 Å². The van der Waals surface area contributed by atoms with Gasteiger partial charge in [-0.3, -0.25) is 5.32 Å². The van der Waals surface area contributed by atoms with Crippen LogP contribution < -0.4 is 5.32 Å². The number of rotatable bonds is 2. The molecule has 1 fully saturated rings. The van der Waals surface area contributed by atoms with Gasteiger partial charge in [0.1, 0.15) is 19.2 Å². The molecule has 0 radical (unpaired) electrons. The summed E-state index contributed by atoms with van der Waals surface area (Å²) in [5.41, 5.74) is 0. The van der Waals surface area contributed by atoms with Crippen LogP contribution in [0.25, 0.3) is 0 Å². The quantitative estimate of drug-likeness (QED) is 0.716. The van der Waals surface area contributed by atoms with Crippen LogP contribution in [0.5, 0.6) is 0 Å². The third-order valence-corrected chi connectivity index (χ3v) is 2.34. The molecule has 2 atom stereocenters. The lowest BCUT2D eigenvalue weighted by Crippen LogP contribution is -2.33. The Kier molecular flexibility index (Phi) is 2.98. The predicted molar refractivity (Wildman–Crippen MR) is 51.1 cm³/mol. The van der Waals surface area contributed by atoms with Gasteiger partial charge < -0.3 is 9.84 Å². The van der Waals surface area contributed by atoms with Crippen molar-refractivity contribution in [3.63, 3.8) is 0 Å². The molecule has 1 aromatic rings. The van der Waals surface area contributed by atoms with Crippen LogP contribution in [0.2, 0.25) is 0 Å². The highest BCUT2D eigenvalue weighted by molar-refractivity contribution is 5.69. The second-order valence-electron chi connectivity index (χ2n) is 3.50. The summed E-state index contributed by atoms with van der Waals surface area (Å²) in [4.78, 5) is 15.1. The molecule has 0 bridgehead atoms. The molecular weight excluding hydrogens is 198 g/mol. The predicted octanol–water partition coefficient (Wildman–Crippen LogP) is -0.0618. The van der Waals surface area contributed by atoms with E-state index in [-0.39, 0.29) is 12.6 Å². The number of carbonyl (C=O) groups excluding carboxylic acids is 1. The molecule has 1 saturated heterocycles. The third-order valence-electron chi connectivity index (χ3n) is 2.34. The first-order chi connectivity index (χ1) is 7.25. The van der Waals surface area contributed by atoms with E-state index in [1.54, 1.807) is 0 Å². The van der Waals surface area contributed by atoms with Crippen molar-refractivity contribution in [2.75, 3.05) is 6.61 Å². The highest BCUT2D eigenvalue weighted by Gasteiger charge is 2.22. The first-order valence-electron chi connectivity index (χ1n) is 4.85. The smallest absolute Gasteiger partial charge is 0.419 e. The average Bonchev–Trinajstić information content (AvgIpc) is 2.84. The maximum Gasteiger partial charge on any atom is 0.419 e. The van der Waals surface area contributed by atoms with E-state index in [0.717, 1.165) is 6.42 Å². The second-order valence-corrected chi connectivity index (χ2v) is 3.50. The van der Waals surface area contributed by atoms with E-state index < -0.39 is 12.3 Å². The molecule has 0 amide bonds. The molecule has 0 saturated carbocycles. The number of aromatic nitrogens is 2. The number of nitrogens with zero attached hydrogens (tertiary/aromatic N) is 2. The topological polar surface area (TPSA) is 76.4 Å². The Bertz CT molecular complexity index is 325.